The van der Waals surface area contributed by atoms with Gasteiger partial charge in [-0.25, -0.2) is 14.4 Å². The average Bonchev–Trinajstić information content (AvgIpc) is 3.68. The van der Waals surface area contributed by atoms with Crippen molar-refractivity contribution in [2.24, 2.45) is 0 Å². The van der Waals surface area contributed by atoms with Gasteiger partial charge in [-0.1, -0.05) is 35.6 Å². The number of aromatic nitrogens is 3. The van der Waals surface area contributed by atoms with Crippen LogP contribution in [0.2, 0.25) is 0 Å². The summed E-state index contributed by atoms with van der Waals surface area (Å²) in [5.74, 6) is 0.899. The molecule has 6 rings (SSSR count). The second-order valence-electron chi connectivity index (χ2n) is 9.29. The molecule has 1 N–H and O–H groups in total. The maximum atomic E-state index is 14.1. The molecule has 1 amide bonds. The van der Waals surface area contributed by atoms with E-state index in [9.17, 15) is 9.18 Å². The number of amides is 1. The summed E-state index contributed by atoms with van der Waals surface area (Å²) < 4.78 is 19.5. The number of carbonyl (C=O) groups excluding carboxylic acids is 1. The summed E-state index contributed by atoms with van der Waals surface area (Å²) in [4.78, 5) is 31.7. The molecule has 184 valence electrons. The van der Waals surface area contributed by atoms with Gasteiger partial charge in [0.15, 0.2) is 5.13 Å². The van der Waals surface area contributed by atoms with Crippen LogP contribution in [-0.4, -0.2) is 52.5 Å². The highest BCUT2D eigenvalue weighted by atomic mass is 32.1. The molecule has 0 saturated carbocycles. The summed E-state index contributed by atoms with van der Waals surface area (Å²) in [5, 5.41) is 0.806. The van der Waals surface area contributed by atoms with Crippen molar-refractivity contribution in [2.45, 2.75) is 25.3 Å². The van der Waals surface area contributed by atoms with Crippen molar-refractivity contribution in [3.8, 4) is 16.2 Å². The number of aromatic amines is 1. The van der Waals surface area contributed by atoms with Gasteiger partial charge in [0, 0.05) is 25.7 Å². The third-order valence-electron chi connectivity index (χ3n) is 6.82. The number of halogens is 1. The number of likely N-dealkylation sites (tertiary alicyclic amines) is 1. The van der Waals surface area contributed by atoms with Crippen molar-refractivity contribution in [1.82, 2.24) is 19.9 Å². The van der Waals surface area contributed by atoms with Crippen LogP contribution in [0.15, 0.2) is 54.6 Å². The van der Waals surface area contributed by atoms with Gasteiger partial charge in [0.05, 0.1) is 29.1 Å². The number of methoxy groups -OCH3 is 1. The minimum Gasteiger partial charge on any atom is -0.497 e. The van der Waals surface area contributed by atoms with E-state index in [1.54, 1.807) is 18.1 Å². The lowest BCUT2D eigenvalue weighted by Gasteiger charge is -2.22. The lowest BCUT2D eigenvalue weighted by atomic mass is 10.1. The molecule has 0 aliphatic carbocycles. The quantitative estimate of drug-likeness (QED) is 0.360. The van der Waals surface area contributed by atoms with Gasteiger partial charge in [-0.2, -0.15) is 0 Å². The fourth-order valence-corrected chi connectivity index (χ4v) is 6.11. The molecule has 36 heavy (non-hydrogen) atoms. The molecule has 1 atom stereocenters. The van der Waals surface area contributed by atoms with Crippen LogP contribution in [0, 0.1) is 5.82 Å². The first-order valence-corrected chi connectivity index (χ1v) is 12.8. The Morgan fingerprint density at radius 3 is 2.81 bits per heavy atom. The Morgan fingerprint density at radius 2 is 2.03 bits per heavy atom. The number of hydrogen-bond donors (Lipinski definition) is 1. The van der Waals surface area contributed by atoms with E-state index < -0.39 is 0 Å². The smallest absolute Gasteiger partial charge is 0.274 e. The number of anilines is 1. The van der Waals surface area contributed by atoms with E-state index >= 15 is 0 Å². The summed E-state index contributed by atoms with van der Waals surface area (Å²) in [5.41, 5.74) is 3.62. The number of hydrogen-bond acceptors (Lipinski definition) is 6. The molecule has 4 heterocycles. The highest BCUT2D eigenvalue weighted by Gasteiger charge is 2.37. The molecule has 7 nitrogen and oxygen atoms in total. The molecule has 0 spiro atoms. The Kier molecular flexibility index (Phi) is 5.72. The van der Waals surface area contributed by atoms with E-state index in [1.165, 1.54) is 23.5 Å². The summed E-state index contributed by atoms with van der Waals surface area (Å²) >= 11 is 1.45. The predicted molar refractivity (Wildman–Crippen MR) is 139 cm³/mol. The van der Waals surface area contributed by atoms with Gasteiger partial charge in [0.2, 0.25) is 0 Å². The number of H-pyrrole nitrogens is 1. The lowest BCUT2D eigenvalue weighted by Crippen LogP contribution is -2.32. The van der Waals surface area contributed by atoms with Crippen LogP contribution in [0.4, 0.5) is 9.52 Å². The molecule has 0 radical (unpaired) electrons. The number of fused-ring (bicyclic) bond motifs is 1. The highest BCUT2D eigenvalue weighted by molar-refractivity contribution is 7.19. The first kappa shape index (κ1) is 22.7. The third-order valence-corrected chi connectivity index (χ3v) is 7.98. The molecule has 0 bridgehead atoms. The first-order valence-electron chi connectivity index (χ1n) is 12.0. The van der Waals surface area contributed by atoms with E-state index in [2.05, 4.69) is 16.5 Å². The average molecular weight is 504 g/mol. The van der Waals surface area contributed by atoms with Crippen molar-refractivity contribution in [3.05, 3.63) is 72.0 Å². The second kappa shape index (κ2) is 9.05. The van der Waals surface area contributed by atoms with Crippen LogP contribution in [0.3, 0.4) is 0 Å². The van der Waals surface area contributed by atoms with E-state index in [4.69, 9.17) is 14.7 Å². The van der Waals surface area contributed by atoms with Crippen LogP contribution in [0.25, 0.3) is 21.5 Å². The Bertz CT molecular complexity index is 1470. The number of benzene rings is 2. The van der Waals surface area contributed by atoms with Gasteiger partial charge < -0.3 is 19.5 Å². The number of nitrogens with one attached hydrogen (secondary N) is 1. The molecule has 2 saturated heterocycles. The molecule has 2 aromatic carbocycles. The Morgan fingerprint density at radius 1 is 1.19 bits per heavy atom. The number of ether oxygens (including phenoxy) is 1. The zero-order chi connectivity index (χ0) is 24.8. The van der Waals surface area contributed by atoms with Crippen molar-refractivity contribution in [1.29, 1.82) is 0 Å². The van der Waals surface area contributed by atoms with Gasteiger partial charge in [-0.3, -0.25) is 4.79 Å². The van der Waals surface area contributed by atoms with Crippen molar-refractivity contribution in [2.75, 3.05) is 31.6 Å². The standard InChI is InChI=1S/C27H26FN5O2S/c1-16-12-22(25-29-20-9-8-19(35-2)14-21(20)30-25)33(15-16)26(34)23-24(17-6-5-7-18(28)13-17)36-27(31-23)32-10-3-4-11-32/h5-9,13-14,22H,1,3-4,10-12,15H2,2H3,(H,29,30). The molecule has 1 unspecified atom stereocenters. The normalized spacial score (nSPS) is 17.9. The first-order chi connectivity index (χ1) is 17.5. The van der Waals surface area contributed by atoms with Gasteiger partial charge in [-0.05, 0) is 49.1 Å². The van der Waals surface area contributed by atoms with Crippen molar-refractivity contribution >= 4 is 33.4 Å². The van der Waals surface area contributed by atoms with Gasteiger partial charge in [-0.15, -0.1) is 0 Å². The van der Waals surface area contributed by atoms with Crippen molar-refractivity contribution in [3.63, 3.8) is 0 Å². The summed E-state index contributed by atoms with van der Waals surface area (Å²) in [6, 6.07) is 11.7. The van der Waals surface area contributed by atoms with Crippen LogP contribution in [0.1, 0.15) is 41.6 Å². The zero-order valence-electron chi connectivity index (χ0n) is 20.0. The fraction of sp³-hybridized carbons (Fsp3) is 0.296. The molecule has 9 heteroatoms. The minimum atomic E-state index is -0.341. The van der Waals surface area contributed by atoms with Crippen LogP contribution >= 0.6 is 11.3 Å². The SMILES string of the molecule is C=C1CC(c2nc3ccc(OC)cc3[nH]2)N(C(=O)c2nc(N3CCCC3)sc2-c2cccc(F)c2)C1. The lowest BCUT2D eigenvalue weighted by molar-refractivity contribution is 0.0728. The maximum absolute atomic E-state index is 14.1. The number of nitrogens with zero attached hydrogens (tertiary/aromatic N) is 4. The van der Waals surface area contributed by atoms with Gasteiger partial charge >= 0.3 is 0 Å². The Hall–Kier alpha value is -3.72. The maximum Gasteiger partial charge on any atom is 0.274 e. The molecule has 2 aliphatic heterocycles. The van der Waals surface area contributed by atoms with Crippen LogP contribution in [0.5, 0.6) is 5.75 Å². The zero-order valence-corrected chi connectivity index (χ0v) is 20.8. The number of thiazole rings is 1. The fourth-order valence-electron chi connectivity index (χ4n) is 5.01. The van der Waals surface area contributed by atoms with Gasteiger partial charge in [0.1, 0.15) is 23.1 Å². The summed E-state index contributed by atoms with van der Waals surface area (Å²) in [6.45, 7) is 6.41. The largest absolute Gasteiger partial charge is 0.497 e. The minimum absolute atomic E-state index is 0.197. The number of carbonyl (C=O) groups is 1. The monoisotopic (exact) mass is 503 g/mol. The third kappa shape index (κ3) is 4.03. The molecular weight excluding hydrogens is 477 g/mol. The number of imidazole rings is 1. The molecule has 2 aromatic heterocycles. The van der Waals surface area contributed by atoms with E-state index in [-0.39, 0.29) is 17.8 Å². The van der Waals surface area contributed by atoms with Crippen molar-refractivity contribution < 1.29 is 13.9 Å². The molecule has 2 aliphatic rings. The predicted octanol–water partition coefficient (Wildman–Crippen LogP) is 5.58. The highest BCUT2D eigenvalue weighted by Crippen LogP contribution is 2.40. The van der Waals surface area contributed by atoms with Gasteiger partial charge in [0.25, 0.3) is 5.91 Å². The van der Waals surface area contributed by atoms with Crippen LogP contribution in [-0.2, 0) is 0 Å². The summed E-state index contributed by atoms with van der Waals surface area (Å²) in [7, 11) is 1.63. The Labute approximate surface area is 212 Å². The van der Waals surface area contributed by atoms with E-state index in [1.807, 2.05) is 24.3 Å². The molecular formula is C27H26FN5O2S. The van der Waals surface area contributed by atoms with E-state index in [0.29, 0.717) is 34.9 Å². The van der Waals surface area contributed by atoms with E-state index in [0.717, 1.165) is 53.4 Å². The second-order valence-corrected chi connectivity index (χ2v) is 10.3. The Balaban J connectivity index is 1.40. The molecule has 4 aromatic rings. The topological polar surface area (TPSA) is 74.3 Å². The molecule has 2 fully saturated rings. The summed E-state index contributed by atoms with van der Waals surface area (Å²) in [6.07, 6.45) is 2.81. The van der Waals surface area contributed by atoms with Crippen LogP contribution < -0.4 is 9.64 Å². The number of rotatable bonds is 5.